The number of rotatable bonds is 7. The Morgan fingerprint density at radius 3 is 1.50 bits per heavy atom. The van der Waals surface area contributed by atoms with Gasteiger partial charge in [-0.2, -0.15) is 0 Å². The highest BCUT2D eigenvalue weighted by Crippen LogP contribution is 2.44. The van der Waals surface area contributed by atoms with Crippen molar-refractivity contribution in [2.24, 2.45) is 0 Å². The minimum atomic E-state index is -0.878. The van der Waals surface area contributed by atoms with Gasteiger partial charge in [0, 0.05) is 11.1 Å². The van der Waals surface area contributed by atoms with E-state index in [9.17, 15) is 0 Å². The van der Waals surface area contributed by atoms with Crippen LogP contribution in [-0.2, 0) is 22.0 Å². The highest BCUT2D eigenvalue weighted by molar-refractivity contribution is 6.48. The average molecular weight is 468 g/mol. The van der Waals surface area contributed by atoms with Crippen molar-refractivity contribution in [3.05, 3.63) is 125 Å². The quantitative estimate of drug-likeness (QED) is 0.214. The minimum Gasteiger partial charge on any atom is -0.410 e. The molecule has 1 radical (unpaired) electrons. The van der Waals surface area contributed by atoms with Crippen LogP contribution in [0.5, 0.6) is 0 Å². The van der Waals surface area contributed by atoms with Gasteiger partial charge in [0.25, 0.3) is 0 Å². The zero-order chi connectivity index (χ0) is 24.3. The van der Waals surface area contributed by atoms with E-state index < -0.39 is 14.6 Å². The molecule has 175 valence electrons. The van der Waals surface area contributed by atoms with E-state index in [4.69, 9.17) is 9.41 Å². The summed E-state index contributed by atoms with van der Waals surface area (Å²) >= 11 is 0. The third-order valence-electron chi connectivity index (χ3n) is 6.29. The maximum Gasteiger partial charge on any atom is 0.205 e. The van der Waals surface area contributed by atoms with Crippen molar-refractivity contribution < 1.29 is 4.43 Å². The lowest BCUT2D eigenvalue weighted by molar-refractivity contribution is 0.288. The number of aromatic nitrogens is 2. The molecule has 3 aromatic carbocycles. The summed E-state index contributed by atoms with van der Waals surface area (Å²) in [5.41, 5.74) is 5.21. The Morgan fingerprint density at radius 2 is 1.15 bits per heavy atom. The van der Waals surface area contributed by atoms with Crippen LogP contribution in [0, 0.1) is 6.92 Å². The van der Waals surface area contributed by atoms with Crippen LogP contribution in [0.25, 0.3) is 0 Å². The van der Waals surface area contributed by atoms with Crippen LogP contribution in [0.4, 0.5) is 0 Å². The van der Waals surface area contributed by atoms with E-state index in [1.165, 1.54) is 22.4 Å². The number of hydrogen-bond donors (Lipinski definition) is 0. The molecule has 0 bridgehead atoms. The van der Waals surface area contributed by atoms with Gasteiger partial charge in [0.2, 0.25) is 9.04 Å². The molecule has 4 rings (SSSR count). The minimum absolute atomic E-state index is 0.0912. The van der Waals surface area contributed by atoms with Crippen LogP contribution in [-0.4, -0.2) is 18.6 Å². The van der Waals surface area contributed by atoms with Gasteiger partial charge in [-0.05, 0) is 36.7 Å². The molecule has 0 aliphatic rings. The molecule has 34 heavy (non-hydrogen) atoms. The van der Waals surface area contributed by atoms with Gasteiger partial charge in [-0.15, -0.1) is 0 Å². The van der Waals surface area contributed by atoms with Crippen molar-refractivity contribution in [1.82, 2.24) is 9.55 Å². The van der Waals surface area contributed by atoms with Crippen LogP contribution >= 0.6 is 0 Å². The predicted molar refractivity (Wildman–Crippen MR) is 143 cm³/mol. The summed E-state index contributed by atoms with van der Waals surface area (Å²) in [5.74, 6) is 0.963. The normalized spacial score (nSPS) is 12.3. The Kier molecular flexibility index (Phi) is 6.92. The van der Waals surface area contributed by atoms with Gasteiger partial charge in [0.1, 0.15) is 11.4 Å². The molecule has 0 spiro atoms. The Balaban J connectivity index is 2.17. The van der Waals surface area contributed by atoms with Crippen molar-refractivity contribution in [2.45, 2.75) is 58.3 Å². The molecule has 0 fully saturated rings. The van der Waals surface area contributed by atoms with Crippen molar-refractivity contribution in [3.8, 4) is 0 Å². The fourth-order valence-electron chi connectivity index (χ4n) is 4.95. The Hall–Kier alpha value is -2.95. The molecule has 0 saturated heterocycles. The summed E-state index contributed by atoms with van der Waals surface area (Å²) in [7, 11) is -0.878. The predicted octanol–water partition coefficient (Wildman–Crippen LogP) is 7.10. The zero-order valence-corrected chi connectivity index (χ0v) is 22.2. The fourth-order valence-corrected chi connectivity index (χ4v) is 5.36. The van der Waals surface area contributed by atoms with Crippen LogP contribution in [0.2, 0.25) is 13.1 Å². The van der Waals surface area contributed by atoms with Crippen LogP contribution in [0.1, 0.15) is 54.7 Å². The summed E-state index contributed by atoms with van der Waals surface area (Å²) in [6.45, 7) is 13.8. The largest absolute Gasteiger partial charge is 0.410 e. The van der Waals surface area contributed by atoms with Crippen molar-refractivity contribution >= 4 is 9.04 Å². The standard InChI is InChI=1S/C30H35N2OSi/c1-23-28(29(2,3)4)31-27(22-33-34(5)6)32(23)30(24-16-10-7-11-17-24,25-18-12-8-13-19-25)26-20-14-9-15-21-26/h7-21H,22H2,1-6H3. The molecule has 3 nitrogen and oxygen atoms in total. The van der Waals surface area contributed by atoms with Gasteiger partial charge in [0.05, 0.1) is 12.3 Å². The van der Waals surface area contributed by atoms with Crippen molar-refractivity contribution in [2.75, 3.05) is 0 Å². The fraction of sp³-hybridized carbons (Fsp3) is 0.300. The highest BCUT2D eigenvalue weighted by atomic mass is 28.3. The van der Waals surface area contributed by atoms with Crippen molar-refractivity contribution in [3.63, 3.8) is 0 Å². The van der Waals surface area contributed by atoms with E-state index in [0.717, 1.165) is 11.5 Å². The molecular weight excluding hydrogens is 432 g/mol. The summed E-state index contributed by atoms with van der Waals surface area (Å²) < 4.78 is 8.71. The van der Waals surface area contributed by atoms with E-state index >= 15 is 0 Å². The first-order chi connectivity index (χ1) is 16.3. The van der Waals surface area contributed by atoms with Crippen LogP contribution < -0.4 is 0 Å². The van der Waals surface area contributed by atoms with E-state index in [-0.39, 0.29) is 5.41 Å². The number of imidazole rings is 1. The maximum atomic E-state index is 6.27. The third kappa shape index (κ3) is 4.40. The van der Waals surface area contributed by atoms with Gasteiger partial charge in [-0.1, -0.05) is 112 Å². The van der Waals surface area contributed by atoms with Gasteiger partial charge in [0.15, 0.2) is 0 Å². The first-order valence-electron chi connectivity index (χ1n) is 11.9. The second-order valence-electron chi connectivity index (χ2n) is 10.1. The van der Waals surface area contributed by atoms with Crippen molar-refractivity contribution in [1.29, 1.82) is 0 Å². The molecule has 0 N–H and O–H groups in total. The average Bonchev–Trinajstić information content (AvgIpc) is 3.17. The van der Waals surface area contributed by atoms with Gasteiger partial charge >= 0.3 is 0 Å². The SMILES string of the molecule is Cc1c(C(C)(C)C)nc(CO[Si](C)C)n1C(c1ccccc1)(c1ccccc1)c1ccccc1. The molecular formula is C30H35N2OSi. The molecule has 0 atom stereocenters. The summed E-state index contributed by atoms with van der Waals surface area (Å²) in [6.07, 6.45) is 0. The van der Waals surface area contributed by atoms with E-state index in [0.29, 0.717) is 6.61 Å². The molecule has 0 saturated carbocycles. The van der Waals surface area contributed by atoms with Crippen LogP contribution in [0.3, 0.4) is 0 Å². The lowest BCUT2D eigenvalue weighted by atomic mass is 9.76. The van der Waals surface area contributed by atoms with E-state index in [1.54, 1.807) is 0 Å². The summed E-state index contributed by atoms with van der Waals surface area (Å²) in [5, 5.41) is 0. The number of benzene rings is 3. The second kappa shape index (κ2) is 9.73. The Labute approximate surface area is 206 Å². The van der Waals surface area contributed by atoms with Crippen LogP contribution in [0.15, 0.2) is 91.0 Å². The van der Waals surface area contributed by atoms with E-state index in [2.05, 4.69) is 136 Å². The summed E-state index contributed by atoms with van der Waals surface area (Å²) in [4.78, 5) is 5.25. The first-order valence-corrected chi connectivity index (χ1v) is 14.4. The Bertz CT molecular complexity index is 1110. The van der Waals surface area contributed by atoms with E-state index in [1.807, 2.05) is 0 Å². The lowest BCUT2D eigenvalue weighted by Crippen LogP contribution is -2.40. The number of hydrogen-bond acceptors (Lipinski definition) is 2. The van der Waals surface area contributed by atoms with Gasteiger partial charge in [-0.25, -0.2) is 4.98 Å². The second-order valence-corrected chi connectivity index (χ2v) is 12.2. The summed E-state index contributed by atoms with van der Waals surface area (Å²) in [6, 6.07) is 32.4. The molecule has 1 heterocycles. The molecule has 0 amide bonds. The third-order valence-corrected chi connectivity index (χ3v) is 7.01. The zero-order valence-electron chi connectivity index (χ0n) is 21.2. The molecule has 0 aliphatic heterocycles. The lowest BCUT2D eigenvalue weighted by Gasteiger charge is -2.40. The smallest absolute Gasteiger partial charge is 0.205 e. The topological polar surface area (TPSA) is 27.1 Å². The maximum absolute atomic E-state index is 6.27. The van der Waals surface area contributed by atoms with Gasteiger partial charge in [-0.3, -0.25) is 0 Å². The monoisotopic (exact) mass is 467 g/mol. The molecule has 1 aromatic heterocycles. The highest BCUT2D eigenvalue weighted by Gasteiger charge is 2.42. The first kappa shape index (κ1) is 24.2. The Morgan fingerprint density at radius 1 is 0.735 bits per heavy atom. The molecule has 4 heteroatoms. The van der Waals surface area contributed by atoms with Gasteiger partial charge < -0.3 is 8.99 Å². The molecule has 0 unspecified atom stereocenters. The molecule has 4 aromatic rings. The molecule has 0 aliphatic carbocycles. The number of nitrogens with zero attached hydrogens (tertiary/aromatic N) is 2.